The molecule has 20 heavy (non-hydrogen) atoms. The molecule has 0 spiro atoms. The lowest BCUT2D eigenvalue weighted by molar-refractivity contribution is -0.151. The van der Waals surface area contributed by atoms with Gasteiger partial charge in [-0.15, -0.1) is 0 Å². The van der Waals surface area contributed by atoms with Gasteiger partial charge in [-0.3, -0.25) is 9.59 Å². The standard InChI is InChI=1S/C16H26N2O2/c1-3-4-10(2)9-18-14(12-7-8-12)15(19)17-13(16(18)20)11-5-6-11/h10-14H,3-9H2,1-2H3,(H,17,19). The third-order valence-corrected chi connectivity index (χ3v) is 4.90. The Morgan fingerprint density at radius 3 is 2.40 bits per heavy atom. The molecule has 3 unspecified atom stereocenters. The molecule has 4 nitrogen and oxygen atoms in total. The smallest absolute Gasteiger partial charge is 0.246 e. The molecule has 3 atom stereocenters. The lowest BCUT2D eigenvalue weighted by Crippen LogP contribution is -2.65. The first-order chi connectivity index (χ1) is 9.61. The first-order valence-corrected chi connectivity index (χ1v) is 8.22. The molecule has 3 aliphatic rings. The minimum atomic E-state index is -0.230. The molecule has 0 aromatic rings. The van der Waals surface area contributed by atoms with Crippen LogP contribution in [0.2, 0.25) is 0 Å². The zero-order chi connectivity index (χ0) is 14.3. The van der Waals surface area contributed by atoms with Gasteiger partial charge in [0.2, 0.25) is 11.8 Å². The van der Waals surface area contributed by atoms with Gasteiger partial charge < -0.3 is 10.2 Å². The Labute approximate surface area is 121 Å². The maximum absolute atomic E-state index is 12.7. The van der Waals surface area contributed by atoms with Crippen molar-refractivity contribution in [3.05, 3.63) is 0 Å². The van der Waals surface area contributed by atoms with Crippen LogP contribution in [0.15, 0.2) is 0 Å². The van der Waals surface area contributed by atoms with Crippen LogP contribution in [0.4, 0.5) is 0 Å². The van der Waals surface area contributed by atoms with Crippen LogP contribution in [0.25, 0.3) is 0 Å². The number of nitrogens with zero attached hydrogens (tertiary/aromatic N) is 1. The van der Waals surface area contributed by atoms with E-state index < -0.39 is 0 Å². The van der Waals surface area contributed by atoms with E-state index in [0.29, 0.717) is 17.8 Å². The summed E-state index contributed by atoms with van der Waals surface area (Å²) in [4.78, 5) is 27.1. The number of carbonyl (C=O) groups is 2. The van der Waals surface area contributed by atoms with Crippen LogP contribution in [0.1, 0.15) is 52.4 Å². The quantitative estimate of drug-likeness (QED) is 0.807. The first-order valence-electron chi connectivity index (χ1n) is 8.22. The van der Waals surface area contributed by atoms with Crippen molar-refractivity contribution in [1.29, 1.82) is 0 Å². The summed E-state index contributed by atoms with van der Waals surface area (Å²) in [5.41, 5.74) is 0. The fraction of sp³-hybridized carbons (Fsp3) is 0.875. The number of hydrogen-bond acceptors (Lipinski definition) is 2. The number of amides is 2. The predicted octanol–water partition coefficient (Wildman–Crippen LogP) is 1.94. The molecule has 3 fully saturated rings. The van der Waals surface area contributed by atoms with E-state index >= 15 is 0 Å². The minimum Gasteiger partial charge on any atom is -0.342 e. The van der Waals surface area contributed by atoms with E-state index in [1.807, 2.05) is 4.90 Å². The number of piperazine rings is 1. The summed E-state index contributed by atoms with van der Waals surface area (Å²) in [6.45, 7) is 5.12. The molecule has 0 aromatic carbocycles. The highest BCUT2D eigenvalue weighted by atomic mass is 16.2. The van der Waals surface area contributed by atoms with E-state index in [9.17, 15) is 9.59 Å². The maximum atomic E-state index is 12.7. The van der Waals surface area contributed by atoms with Gasteiger partial charge in [-0.05, 0) is 49.9 Å². The Bertz CT molecular complexity index is 401. The summed E-state index contributed by atoms with van der Waals surface area (Å²) < 4.78 is 0. The van der Waals surface area contributed by atoms with Gasteiger partial charge in [-0.2, -0.15) is 0 Å². The van der Waals surface area contributed by atoms with Gasteiger partial charge in [0.25, 0.3) is 0 Å². The van der Waals surface area contributed by atoms with Crippen molar-refractivity contribution < 1.29 is 9.59 Å². The van der Waals surface area contributed by atoms with E-state index in [2.05, 4.69) is 19.2 Å². The lowest BCUT2D eigenvalue weighted by atomic mass is 9.97. The lowest BCUT2D eigenvalue weighted by Gasteiger charge is -2.40. The molecule has 0 bridgehead atoms. The SMILES string of the molecule is CCCC(C)CN1C(=O)C(C2CC2)NC(=O)C1C1CC1. The van der Waals surface area contributed by atoms with Crippen LogP contribution < -0.4 is 5.32 Å². The average Bonchev–Trinajstić information content (AvgIpc) is 3.26. The second-order valence-corrected chi connectivity index (χ2v) is 6.99. The molecule has 2 saturated carbocycles. The Morgan fingerprint density at radius 2 is 1.85 bits per heavy atom. The molecule has 4 heteroatoms. The highest BCUT2D eigenvalue weighted by molar-refractivity contribution is 5.97. The number of nitrogens with one attached hydrogen (secondary N) is 1. The van der Waals surface area contributed by atoms with Crippen molar-refractivity contribution in [1.82, 2.24) is 10.2 Å². The van der Waals surface area contributed by atoms with Crippen LogP contribution in [0.3, 0.4) is 0 Å². The van der Waals surface area contributed by atoms with Gasteiger partial charge in [0.05, 0.1) is 0 Å². The first kappa shape index (κ1) is 13.9. The molecule has 3 rings (SSSR count). The fourth-order valence-electron chi connectivity index (χ4n) is 3.51. The molecule has 1 N–H and O–H groups in total. The topological polar surface area (TPSA) is 49.4 Å². The number of hydrogen-bond donors (Lipinski definition) is 1. The Morgan fingerprint density at radius 1 is 1.20 bits per heavy atom. The highest BCUT2D eigenvalue weighted by Crippen LogP contribution is 2.40. The third-order valence-electron chi connectivity index (χ3n) is 4.90. The van der Waals surface area contributed by atoms with Crippen LogP contribution in [-0.2, 0) is 9.59 Å². The van der Waals surface area contributed by atoms with Gasteiger partial charge in [0.1, 0.15) is 12.1 Å². The maximum Gasteiger partial charge on any atom is 0.246 e. The molecule has 1 aliphatic heterocycles. The fourth-order valence-corrected chi connectivity index (χ4v) is 3.51. The molecule has 2 amide bonds. The van der Waals surface area contributed by atoms with E-state index in [0.717, 1.165) is 45.1 Å². The summed E-state index contributed by atoms with van der Waals surface area (Å²) in [7, 11) is 0. The largest absolute Gasteiger partial charge is 0.342 e. The molecule has 1 saturated heterocycles. The predicted molar refractivity (Wildman–Crippen MR) is 77.0 cm³/mol. The van der Waals surface area contributed by atoms with Crippen LogP contribution in [-0.4, -0.2) is 35.3 Å². The summed E-state index contributed by atoms with van der Waals surface area (Å²) in [5.74, 6) is 1.58. The Balaban J connectivity index is 1.75. The molecule has 0 radical (unpaired) electrons. The molecule has 2 aliphatic carbocycles. The van der Waals surface area contributed by atoms with Gasteiger partial charge in [0, 0.05) is 6.54 Å². The van der Waals surface area contributed by atoms with Gasteiger partial charge in [-0.1, -0.05) is 20.3 Å². The minimum absolute atomic E-state index is 0.104. The summed E-state index contributed by atoms with van der Waals surface area (Å²) >= 11 is 0. The normalized spacial score (nSPS) is 32.2. The zero-order valence-corrected chi connectivity index (χ0v) is 12.6. The van der Waals surface area contributed by atoms with Crippen molar-refractivity contribution in [3.8, 4) is 0 Å². The van der Waals surface area contributed by atoms with Crippen molar-refractivity contribution in [2.24, 2.45) is 17.8 Å². The third kappa shape index (κ3) is 2.70. The number of carbonyl (C=O) groups excluding carboxylic acids is 2. The molecular weight excluding hydrogens is 252 g/mol. The zero-order valence-electron chi connectivity index (χ0n) is 12.6. The van der Waals surface area contributed by atoms with Crippen LogP contribution >= 0.6 is 0 Å². The summed E-state index contributed by atoms with van der Waals surface area (Å²) in [5, 5.41) is 3.00. The second kappa shape index (κ2) is 5.38. The average molecular weight is 278 g/mol. The highest BCUT2D eigenvalue weighted by Gasteiger charge is 2.51. The van der Waals surface area contributed by atoms with Gasteiger partial charge in [0.15, 0.2) is 0 Å². The van der Waals surface area contributed by atoms with Crippen molar-refractivity contribution >= 4 is 11.8 Å². The molecular formula is C16H26N2O2. The monoisotopic (exact) mass is 278 g/mol. The Kier molecular flexibility index (Phi) is 3.74. The van der Waals surface area contributed by atoms with Crippen LogP contribution in [0.5, 0.6) is 0 Å². The van der Waals surface area contributed by atoms with E-state index in [1.54, 1.807) is 0 Å². The molecule has 0 aromatic heterocycles. The summed E-state index contributed by atoms with van der Waals surface area (Å²) in [6, 6.07) is -0.414. The van der Waals surface area contributed by atoms with Crippen molar-refractivity contribution in [2.75, 3.05) is 6.54 Å². The van der Waals surface area contributed by atoms with Crippen molar-refractivity contribution in [3.63, 3.8) is 0 Å². The van der Waals surface area contributed by atoms with E-state index in [1.165, 1.54) is 0 Å². The summed E-state index contributed by atoms with van der Waals surface area (Å²) in [6.07, 6.45) is 6.62. The van der Waals surface area contributed by atoms with E-state index in [-0.39, 0.29) is 23.9 Å². The number of rotatable bonds is 6. The van der Waals surface area contributed by atoms with Crippen molar-refractivity contribution in [2.45, 2.75) is 64.5 Å². The molecule has 112 valence electrons. The second-order valence-electron chi connectivity index (χ2n) is 6.99. The molecule has 1 heterocycles. The van der Waals surface area contributed by atoms with E-state index in [4.69, 9.17) is 0 Å². The Hall–Kier alpha value is -1.06. The van der Waals surface area contributed by atoms with Crippen LogP contribution in [0, 0.1) is 17.8 Å². The van der Waals surface area contributed by atoms with Gasteiger partial charge >= 0.3 is 0 Å². The van der Waals surface area contributed by atoms with Gasteiger partial charge in [-0.25, -0.2) is 0 Å².